The first-order valence-electron chi connectivity index (χ1n) is 11.2. The van der Waals surface area contributed by atoms with Gasteiger partial charge < -0.3 is 15.5 Å². The molecule has 0 radical (unpaired) electrons. The lowest BCUT2D eigenvalue weighted by atomic mass is 9.95. The van der Waals surface area contributed by atoms with E-state index in [1.54, 1.807) is 4.90 Å². The van der Waals surface area contributed by atoms with Crippen LogP contribution in [0.3, 0.4) is 0 Å². The number of thiophene rings is 1. The van der Waals surface area contributed by atoms with Gasteiger partial charge in [-0.15, -0.1) is 11.3 Å². The van der Waals surface area contributed by atoms with Gasteiger partial charge in [-0.2, -0.15) is 0 Å². The molecule has 0 aliphatic heterocycles. The molecule has 166 valence electrons. The number of nitrogens with zero attached hydrogens (tertiary/aromatic N) is 1. The summed E-state index contributed by atoms with van der Waals surface area (Å²) in [5.74, 6) is -1.37. The van der Waals surface area contributed by atoms with Crippen LogP contribution in [0.25, 0.3) is 0 Å². The highest BCUT2D eigenvalue weighted by atomic mass is 32.1. The molecule has 2 aliphatic rings. The first-order valence-corrected chi connectivity index (χ1v) is 12.1. The lowest BCUT2D eigenvalue weighted by molar-refractivity contribution is -0.152. The molecule has 1 aromatic rings. The molecular formula is C23H35N3O3S. The highest BCUT2D eigenvalue weighted by Crippen LogP contribution is 2.34. The fraction of sp³-hybridized carbons (Fsp3) is 0.696. The molecule has 30 heavy (non-hydrogen) atoms. The molecule has 3 rings (SSSR count). The minimum Gasteiger partial charge on any atom is -0.349 e. The normalized spacial score (nSPS) is 19.3. The average Bonchev–Trinajstić information content (AvgIpc) is 3.38. The number of carbonyl (C=O) groups is 3. The summed E-state index contributed by atoms with van der Waals surface area (Å²) in [4.78, 5) is 42.1. The van der Waals surface area contributed by atoms with Crippen molar-refractivity contribution in [3.05, 3.63) is 22.4 Å². The zero-order valence-corrected chi connectivity index (χ0v) is 19.2. The van der Waals surface area contributed by atoms with Crippen LogP contribution < -0.4 is 10.6 Å². The van der Waals surface area contributed by atoms with Gasteiger partial charge in [0.1, 0.15) is 6.04 Å². The molecule has 7 heteroatoms. The standard InChI is InChI=1S/C23H35N3O3S/c1-23(2,3)25-20(27)19(18-14-9-15-30-18)26(17-12-7-8-13-17)22(29)21(28)24-16-10-5-4-6-11-16/h9,14-17,19H,4-8,10-13H2,1-3H3,(H,24,28)(H,25,27)/t19-/m0/s1. The summed E-state index contributed by atoms with van der Waals surface area (Å²) in [6.07, 6.45) is 8.85. The van der Waals surface area contributed by atoms with Gasteiger partial charge in [-0.3, -0.25) is 14.4 Å². The number of rotatable bonds is 5. The highest BCUT2D eigenvalue weighted by molar-refractivity contribution is 7.10. The number of nitrogens with one attached hydrogen (secondary N) is 2. The van der Waals surface area contributed by atoms with Crippen LogP contribution in [-0.2, 0) is 14.4 Å². The summed E-state index contributed by atoms with van der Waals surface area (Å²) in [5, 5.41) is 7.89. The van der Waals surface area contributed by atoms with Crippen LogP contribution >= 0.6 is 11.3 Å². The van der Waals surface area contributed by atoms with Crippen LogP contribution in [0.15, 0.2) is 17.5 Å². The monoisotopic (exact) mass is 433 g/mol. The van der Waals surface area contributed by atoms with E-state index in [2.05, 4.69) is 10.6 Å². The van der Waals surface area contributed by atoms with Crippen LogP contribution in [0, 0.1) is 0 Å². The Morgan fingerprint density at radius 1 is 1.03 bits per heavy atom. The average molecular weight is 434 g/mol. The third kappa shape index (κ3) is 5.84. The molecule has 2 saturated carbocycles. The fourth-order valence-corrected chi connectivity index (χ4v) is 5.39. The molecule has 6 nitrogen and oxygen atoms in total. The predicted octanol–water partition coefficient (Wildman–Crippen LogP) is 3.92. The SMILES string of the molecule is CC(C)(C)NC(=O)[C@H](c1cccs1)N(C(=O)C(=O)NC1CCCCC1)C1CCCC1. The largest absolute Gasteiger partial charge is 0.349 e. The summed E-state index contributed by atoms with van der Waals surface area (Å²) in [6.45, 7) is 5.77. The van der Waals surface area contributed by atoms with Crippen molar-refractivity contribution in [2.24, 2.45) is 0 Å². The number of carbonyl (C=O) groups excluding carboxylic acids is 3. The quantitative estimate of drug-likeness (QED) is 0.691. The first kappa shape index (κ1) is 22.8. The maximum Gasteiger partial charge on any atom is 0.313 e. The van der Waals surface area contributed by atoms with Gasteiger partial charge in [-0.25, -0.2) is 0 Å². The van der Waals surface area contributed by atoms with Gasteiger partial charge in [-0.1, -0.05) is 38.2 Å². The number of amides is 3. The predicted molar refractivity (Wildman–Crippen MR) is 119 cm³/mol. The summed E-state index contributed by atoms with van der Waals surface area (Å²) in [5.41, 5.74) is -0.429. The molecule has 0 spiro atoms. The van der Waals surface area contributed by atoms with E-state index in [1.165, 1.54) is 17.8 Å². The van der Waals surface area contributed by atoms with E-state index in [9.17, 15) is 14.4 Å². The maximum atomic E-state index is 13.4. The van der Waals surface area contributed by atoms with E-state index in [1.807, 2.05) is 38.3 Å². The Hall–Kier alpha value is -1.89. The molecule has 2 aliphatic carbocycles. The van der Waals surface area contributed by atoms with Crippen molar-refractivity contribution in [1.82, 2.24) is 15.5 Å². The number of hydrogen-bond donors (Lipinski definition) is 2. The third-order valence-corrected chi connectivity index (χ3v) is 6.85. The van der Waals surface area contributed by atoms with Crippen molar-refractivity contribution in [1.29, 1.82) is 0 Å². The first-order chi connectivity index (χ1) is 14.3. The van der Waals surface area contributed by atoms with E-state index in [0.29, 0.717) is 0 Å². The molecule has 0 aromatic carbocycles. The zero-order chi connectivity index (χ0) is 21.7. The zero-order valence-electron chi connectivity index (χ0n) is 18.4. The summed E-state index contributed by atoms with van der Waals surface area (Å²) >= 11 is 1.45. The van der Waals surface area contributed by atoms with Gasteiger partial charge in [0.25, 0.3) is 0 Å². The minimum atomic E-state index is -0.781. The molecule has 2 N–H and O–H groups in total. The van der Waals surface area contributed by atoms with E-state index in [0.717, 1.165) is 56.2 Å². The van der Waals surface area contributed by atoms with Gasteiger partial charge in [0, 0.05) is 22.5 Å². The minimum absolute atomic E-state index is 0.0595. The second kappa shape index (κ2) is 9.94. The Morgan fingerprint density at radius 2 is 1.67 bits per heavy atom. The Morgan fingerprint density at radius 3 is 2.23 bits per heavy atom. The van der Waals surface area contributed by atoms with Gasteiger partial charge in [0.05, 0.1) is 0 Å². The van der Waals surface area contributed by atoms with Crippen molar-refractivity contribution in [2.45, 2.75) is 102 Å². The van der Waals surface area contributed by atoms with E-state index in [-0.39, 0.29) is 18.0 Å². The van der Waals surface area contributed by atoms with Gasteiger partial charge in [-0.05, 0) is 57.9 Å². The van der Waals surface area contributed by atoms with E-state index < -0.39 is 23.4 Å². The van der Waals surface area contributed by atoms with Crippen molar-refractivity contribution >= 4 is 29.1 Å². The summed E-state index contributed by atoms with van der Waals surface area (Å²) in [6, 6.07) is 2.95. The van der Waals surface area contributed by atoms with Gasteiger partial charge >= 0.3 is 11.8 Å². The Kier molecular flexibility index (Phi) is 7.55. The Bertz CT molecular complexity index is 729. The smallest absolute Gasteiger partial charge is 0.313 e. The van der Waals surface area contributed by atoms with Crippen molar-refractivity contribution in [2.75, 3.05) is 0 Å². The molecule has 3 amide bonds. The van der Waals surface area contributed by atoms with Crippen LogP contribution in [0.2, 0.25) is 0 Å². The van der Waals surface area contributed by atoms with Crippen LogP contribution in [0.5, 0.6) is 0 Å². The van der Waals surface area contributed by atoms with Crippen molar-refractivity contribution < 1.29 is 14.4 Å². The van der Waals surface area contributed by atoms with E-state index >= 15 is 0 Å². The number of hydrogen-bond acceptors (Lipinski definition) is 4. The maximum absolute atomic E-state index is 13.4. The molecule has 0 saturated heterocycles. The molecular weight excluding hydrogens is 398 g/mol. The second-order valence-corrected chi connectivity index (χ2v) is 10.6. The van der Waals surface area contributed by atoms with Gasteiger partial charge in [0.2, 0.25) is 5.91 Å². The summed E-state index contributed by atoms with van der Waals surface area (Å²) < 4.78 is 0. The topological polar surface area (TPSA) is 78.5 Å². The third-order valence-electron chi connectivity index (χ3n) is 5.92. The lowest BCUT2D eigenvalue weighted by Gasteiger charge is -2.36. The van der Waals surface area contributed by atoms with Crippen molar-refractivity contribution in [3.8, 4) is 0 Å². The van der Waals surface area contributed by atoms with Crippen LogP contribution in [0.4, 0.5) is 0 Å². The van der Waals surface area contributed by atoms with Gasteiger partial charge in [0.15, 0.2) is 0 Å². The molecule has 1 heterocycles. The second-order valence-electron chi connectivity index (χ2n) is 9.62. The molecule has 0 unspecified atom stereocenters. The molecule has 2 fully saturated rings. The molecule has 1 aromatic heterocycles. The molecule has 1 atom stereocenters. The highest BCUT2D eigenvalue weighted by Gasteiger charge is 2.41. The lowest BCUT2D eigenvalue weighted by Crippen LogP contribution is -2.55. The van der Waals surface area contributed by atoms with Crippen LogP contribution in [-0.4, -0.2) is 40.2 Å². The molecule has 0 bridgehead atoms. The summed E-state index contributed by atoms with van der Waals surface area (Å²) in [7, 11) is 0. The van der Waals surface area contributed by atoms with E-state index in [4.69, 9.17) is 0 Å². The Balaban J connectivity index is 1.87. The van der Waals surface area contributed by atoms with Crippen molar-refractivity contribution in [3.63, 3.8) is 0 Å². The van der Waals surface area contributed by atoms with Crippen LogP contribution in [0.1, 0.15) is 89.5 Å². The fourth-order valence-electron chi connectivity index (χ4n) is 4.57. The Labute approximate surface area is 183 Å².